The van der Waals surface area contributed by atoms with Crippen LogP contribution in [0.4, 0.5) is 24.5 Å². The van der Waals surface area contributed by atoms with Crippen LogP contribution in [0.2, 0.25) is 0 Å². The number of nitrogens with two attached hydrogens (primary N) is 1. The van der Waals surface area contributed by atoms with Gasteiger partial charge in [-0.25, -0.2) is 0 Å². The van der Waals surface area contributed by atoms with E-state index >= 15 is 0 Å². The van der Waals surface area contributed by atoms with Gasteiger partial charge in [0, 0.05) is 22.5 Å². The van der Waals surface area contributed by atoms with Gasteiger partial charge in [0.25, 0.3) is 5.56 Å². The minimum absolute atomic E-state index is 0.117. The van der Waals surface area contributed by atoms with E-state index in [4.69, 9.17) is 5.73 Å². The van der Waals surface area contributed by atoms with Crippen molar-refractivity contribution in [2.24, 2.45) is 0 Å². The van der Waals surface area contributed by atoms with E-state index in [0.29, 0.717) is 28.2 Å². The van der Waals surface area contributed by atoms with Crippen LogP contribution in [0.3, 0.4) is 0 Å². The lowest BCUT2D eigenvalue weighted by molar-refractivity contribution is -0.120. The number of hydrogen-bond acceptors (Lipinski definition) is 3. The van der Waals surface area contributed by atoms with E-state index in [1.54, 1.807) is 30.3 Å². The molecule has 5 nitrogen and oxygen atoms in total. The molecular formula is C18H15F3N4O. The minimum atomic E-state index is -4.39. The Morgan fingerprint density at radius 3 is 2.58 bits per heavy atom. The molecule has 0 unspecified atom stereocenters. The second-order valence-corrected chi connectivity index (χ2v) is 6.22. The summed E-state index contributed by atoms with van der Waals surface area (Å²) < 4.78 is 39.2. The Morgan fingerprint density at radius 2 is 1.85 bits per heavy atom. The largest absolute Gasteiger partial charge is 0.405 e. The number of hydrogen-bond donors (Lipinski definition) is 3. The lowest BCUT2D eigenvalue weighted by atomic mass is 9.95. The van der Waals surface area contributed by atoms with Crippen LogP contribution in [-0.2, 0) is 6.54 Å². The zero-order valence-electron chi connectivity index (χ0n) is 13.5. The average Bonchev–Trinajstić information content (AvgIpc) is 2.95. The lowest BCUT2D eigenvalue weighted by Gasteiger charge is -2.31. The molecule has 0 saturated heterocycles. The van der Waals surface area contributed by atoms with Crippen molar-refractivity contribution in [2.45, 2.75) is 12.7 Å². The van der Waals surface area contributed by atoms with Gasteiger partial charge in [-0.15, -0.1) is 0 Å². The highest BCUT2D eigenvalue weighted by molar-refractivity contribution is 5.87. The standard InChI is InChI=1S/C18H15F3N4O/c19-18(20,21)9-25-8-13-16(23-24-17(13)26)12-6-5-10(7-15(12)25)11-3-1-2-4-14(11)22/h1-7H,8-9,22H2,(H2,23,24,26). The molecule has 0 saturated carbocycles. The lowest BCUT2D eigenvalue weighted by Crippen LogP contribution is -2.37. The molecule has 0 atom stereocenters. The van der Waals surface area contributed by atoms with E-state index in [9.17, 15) is 18.0 Å². The van der Waals surface area contributed by atoms with Crippen LogP contribution in [0.25, 0.3) is 22.4 Å². The van der Waals surface area contributed by atoms with Crippen molar-refractivity contribution in [2.75, 3.05) is 17.2 Å². The molecule has 0 amide bonds. The molecule has 134 valence electrons. The van der Waals surface area contributed by atoms with Crippen molar-refractivity contribution in [3.05, 3.63) is 58.4 Å². The third kappa shape index (κ3) is 2.73. The molecule has 0 radical (unpaired) electrons. The third-order valence-corrected chi connectivity index (χ3v) is 4.48. The van der Waals surface area contributed by atoms with Gasteiger partial charge in [0.1, 0.15) is 6.54 Å². The van der Waals surface area contributed by atoms with E-state index < -0.39 is 18.3 Å². The molecule has 0 bridgehead atoms. The molecular weight excluding hydrogens is 345 g/mol. The zero-order valence-corrected chi connectivity index (χ0v) is 13.5. The number of aromatic nitrogens is 2. The summed E-state index contributed by atoms with van der Waals surface area (Å²) in [5.41, 5.74) is 9.38. The summed E-state index contributed by atoms with van der Waals surface area (Å²) in [6, 6.07) is 12.4. The van der Waals surface area contributed by atoms with Crippen LogP contribution in [0.15, 0.2) is 47.3 Å². The van der Waals surface area contributed by atoms with Crippen molar-refractivity contribution in [3.63, 3.8) is 0 Å². The van der Waals surface area contributed by atoms with Gasteiger partial charge in [0.05, 0.1) is 17.8 Å². The molecule has 1 aromatic heterocycles. The molecule has 0 fully saturated rings. The summed E-state index contributed by atoms with van der Waals surface area (Å²) in [7, 11) is 0. The first kappa shape index (κ1) is 16.3. The SMILES string of the molecule is Nc1ccccc1-c1ccc2c(c1)N(CC(F)(F)F)Cc1c-2[nH][nH]c1=O. The van der Waals surface area contributed by atoms with E-state index in [1.807, 2.05) is 12.1 Å². The number of H-pyrrole nitrogens is 2. The molecule has 1 aliphatic rings. The minimum Gasteiger partial charge on any atom is -0.398 e. The van der Waals surface area contributed by atoms with Gasteiger partial charge in [0.2, 0.25) is 0 Å². The summed E-state index contributed by atoms with van der Waals surface area (Å²) in [4.78, 5) is 13.1. The number of nitrogens with zero attached hydrogens (tertiary/aromatic N) is 1. The van der Waals surface area contributed by atoms with Gasteiger partial charge in [0.15, 0.2) is 0 Å². The maximum Gasteiger partial charge on any atom is 0.405 e. The van der Waals surface area contributed by atoms with Crippen LogP contribution in [0, 0.1) is 0 Å². The molecule has 8 heteroatoms. The quantitative estimate of drug-likeness (QED) is 0.612. The number of fused-ring (bicyclic) bond motifs is 3. The molecule has 1 aliphatic heterocycles. The molecule has 0 aliphatic carbocycles. The second kappa shape index (κ2) is 5.69. The Hall–Kier alpha value is -3.16. The predicted molar refractivity (Wildman–Crippen MR) is 93.8 cm³/mol. The van der Waals surface area contributed by atoms with Crippen LogP contribution >= 0.6 is 0 Å². The normalized spacial score (nSPS) is 13.4. The van der Waals surface area contributed by atoms with E-state index in [-0.39, 0.29) is 6.54 Å². The monoisotopic (exact) mass is 360 g/mol. The number of halogens is 3. The molecule has 4 N–H and O–H groups in total. The topological polar surface area (TPSA) is 77.9 Å². The maximum atomic E-state index is 13.1. The maximum absolute atomic E-state index is 13.1. The summed E-state index contributed by atoms with van der Waals surface area (Å²) in [5, 5.41) is 5.22. The van der Waals surface area contributed by atoms with Crippen LogP contribution in [0.5, 0.6) is 0 Å². The van der Waals surface area contributed by atoms with Crippen LogP contribution in [-0.4, -0.2) is 22.9 Å². The highest BCUT2D eigenvalue weighted by Gasteiger charge is 2.35. The predicted octanol–water partition coefficient (Wildman–Crippen LogP) is 3.50. The highest BCUT2D eigenvalue weighted by atomic mass is 19.4. The van der Waals surface area contributed by atoms with E-state index in [0.717, 1.165) is 11.1 Å². The van der Waals surface area contributed by atoms with Crippen LogP contribution < -0.4 is 16.2 Å². The smallest absolute Gasteiger partial charge is 0.398 e. The molecule has 2 heterocycles. The number of rotatable bonds is 2. The fourth-order valence-electron chi connectivity index (χ4n) is 3.33. The Labute approximate surface area is 146 Å². The summed E-state index contributed by atoms with van der Waals surface area (Å²) in [6.07, 6.45) is -4.39. The van der Waals surface area contributed by atoms with E-state index in [1.165, 1.54) is 4.90 Å². The van der Waals surface area contributed by atoms with Gasteiger partial charge in [-0.2, -0.15) is 13.2 Å². The van der Waals surface area contributed by atoms with Gasteiger partial charge >= 0.3 is 6.18 Å². The van der Waals surface area contributed by atoms with Crippen molar-refractivity contribution >= 4 is 11.4 Å². The number of benzene rings is 2. The number of anilines is 2. The Balaban J connectivity index is 1.89. The van der Waals surface area contributed by atoms with Crippen molar-refractivity contribution < 1.29 is 13.2 Å². The van der Waals surface area contributed by atoms with Gasteiger partial charge in [-0.1, -0.05) is 30.3 Å². The first-order valence-corrected chi connectivity index (χ1v) is 7.94. The van der Waals surface area contributed by atoms with Crippen LogP contribution in [0.1, 0.15) is 5.56 Å². The summed E-state index contributed by atoms with van der Waals surface area (Å²) >= 11 is 0. The fraction of sp³-hybridized carbons (Fsp3) is 0.167. The van der Waals surface area contributed by atoms with Crippen molar-refractivity contribution in [1.29, 1.82) is 0 Å². The molecule has 26 heavy (non-hydrogen) atoms. The number of alkyl halides is 3. The highest BCUT2D eigenvalue weighted by Crippen LogP contribution is 2.41. The fourth-order valence-corrected chi connectivity index (χ4v) is 3.33. The second-order valence-electron chi connectivity index (χ2n) is 6.22. The number of nitrogen functional groups attached to an aromatic ring is 1. The van der Waals surface area contributed by atoms with Gasteiger partial charge in [-0.05, 0) is 17.7 Å². The Kier molecular flexibility index (Phi) is 3.57. The van der Waals surface area contributed by atoms with Crippen molar-refractivity contribution in [1.82, 2.24) is 10.2 Å². The number of aromatic amines is 2. The Bertz CT molecular complexity index is 1040. The first-order chi connectivity index (χ1) is 12.3. The number of nitrogens with one attached hydrogen (secondary N) is 2. The van der Waals surface area contributed by atoms with Crippen molar-refractivity contribution in [3.8, 4) is 22.4 Å². The van der Waals surface area contributed by atoms with Gasteiger partial charge < -0.3 is 10.6 Å². The third-order valence-electron chi connectivity index (χ3n) is 4.48. The number of para-hydroxylation sites is 1. The Morgan fingerprint density at radius 1 is 1.08 bits per heavy atom. The zero-order chi connectivity index (χ0) is 18.5. The summed E-state index contributed by atoms with van der Waals surface area (Å²) in [5.74, 6) is 0. The first-order valence-electron chi connectivity index (χ1n) is 7.94. The average molecular weight is 360 g/mol. The molecule has 2 aromatic carbocycles. The molecule has 3 aromatic rings. The summed E-state index contributed by atoms with van der Waals surface area (Å²) in [6.45, 7) is -1.26. The molecule has 0 spiro atoms. The van der Waals surface area contributed by atoms with E-state index in [2.05, 4.69) is 10.2 Å². The molecule has 4 rings (SSSR count). The van der Waals surface area contributed by atoms with Gasteiger partial charge in [-0.3, -0.25) is 15.0 Å².